The maximum atomic E-state index is 12.0. The van der Waals surface area contributed by atoms with Crippen LogP contribution in [0.2, 0.25) is 0 Å². The molecule has 5 N–H and O–H groups in total. The molecule has 9 nitrogen and oxygen atoms in total. The molecule has 1 aliphatic heterocycles. The quantitative estimate of drug-likeness (QED) is 0.563. The highest BCUT2D eigenvalue weighted by Gasteiger charge is 2.28. The fourth-order valence-electron chi connectivity index (χ4n) is 2.73. The molecule has 1 atom stereocenters. The first-order chi connectivity index (χ1) is 13.3. The van der Waals surface area contributed by atoms with Crippen LogP contribution in [0.3, 0.4) is 0 Å². The van der Waals surface area contributed by atoms with Gasteiger partial charge in [0.2, 0.25) is 0 Å². The maximum Gasteiger partial charge on any atom is 0.345 e. The standard InChI is InChI=1S/C18H19N5O4S/c1-2-13(11-7-4-3-5-8-11)20-17-18(23-28(26,27)22-17)21-14-10-6-9-12(15(14)24)16(19)25/h3-10,13,24H,2H2,1H3,(H2,19,25)(H,20,22)(H,21,23). The van der Waals surface area contributed by atoms with Crippen molar-refractivity contribution in [1.29, 1.82) is 0 Å². The Bertz CT molecular complexity index is 1060. The summed E-state index contributed by atoms with van der Waals surface area (Å²) in [7, 11) is -3.97. The molecule has 1 amide bonds. The number of primary amides is 1. The number of para-hydroxylation sites is 1. The van der Waals surface area contributed by atoms with E-state index in [1.807, 2.05) is 37.3 Å². The summed E-state index contributed by atoms with van der Waals surface area (Å²) < 4.78 is 29.8. The van der Waals surface area contributed by atoms with Gasteiger partial charge in [-0.05, 0) is 24.1 Å². The highest BCUT2D eigenvalue weighted by atomic mass is 32.2. The molecule has 10 heteroatoms. The number of carbonyl (C=O) groups is 1. The highest BCUT2D eigenvalue weighted by Crippen LogP contribution is 2.28. The Morgan fingerprint density at radius 2 is 1.96 bits per heavy atom. The lowest BCUT2D eigenvalue weighted by Crippen LogP contribution is -2.31. The lowest BCUT2D eigenvalue weighted by molar-refractivity contribution is 0.0998. The number of aliphatic imine (C=N–C) groups is 1. The molecule has 3 rings (SSSR count). The highest BCUT2D eigenvalue weighted by molar-refractivity contribution is 7.89. The first-order valence-corrected chi connectivity index (χ1v) is 9.89. The van der Waals surface area contributed by atoms with Gasteiger partial charge in [0.15, 0.2) is 17.4 Å². The van der Waals surface area contributed by atoms with Gasteiger partial charge in [0.1, 0.15) is 0 Å². The van der Waals surface area contributed by atoms with Crippen LogP contribution >= 0.6 is 0 Å². The van der Waals surface area contributed by atoms with Crippen molar-refractivity contribution in [1.82, 2.24) is 4.72 Å². The summed E-state index contributed by atoms with van der Waals surface area (Å²) in [5.74, 6) is -1.30. The number of carbonyl (C=O) groups excluding carboxylic acids is 1. The number of anilines is 1. The minimum absolute atomic E-state index is 0.0135. The molecule has 1 aliphatic rings. The Labute approximate surface area is 162 Å². The van der Waals surface area contributed by atoms with E-state index < -0.39 is 21.9 Å². The van der Waals surface area contributed by atoms with E-state index >= 15 is 0 Å². The van der Waals surface area contributed by atoms with Gasteiger partial charge < -0.3 is 16.2 Å². The first kappa shape index (κ1) is 19.4. The van der Waals surface area contributed by atoms with E-state index in [0.717, 1.165) is 5.56 Å². The zero-order valence-corrected chi connectivity index (χ0v) is 15.8. The summed E-state index contributed by atoms with van der Waals surface area (Å²) >= 11 is 0. The number of nitrogens with two attached hydrogens (primary N) is 1. The SMILES string of the molecule is CCC(N=C1NS(=O)(=O)N=C1Nc1cccc(C(N)=O)c1O)c1ccccc1. The molecule has 0 fully saturated rings. The molecule has 0 saturated carbocycles. The van der Waals surface area contributed by atoms with Crippen LogP contribution in [0.25, 0.3) is 0 Å². The fourth-order valence-corrected chi connectivity index (χ4v) is 3.54. The molecule has 1 heterocycles. The van der Waals surface area contributed by atoms with Gasteiger partial charge in [0.25, 0.3) is 5.91 Å². The van der Waals surface area contributed by atoms with Crippen LogP contribution in [-0.2, 0) is 10.2 Å². The molecular weight excluding hydrogens is 382 g/mol. The van der Waals surface area contributed by atoms with E-state index in [0.29, 0.717) is 6.42 Å². The molecular formula is C18H19N5O4S. The smallest absolute Gasteiger partial charge is 0.345 e. The van der Waals surface area contributed by atoms with Crippen molar-refractivity contribution in [2.45, 2.75) is 19.4 Å². The Kier molecular flexibility index (Phi) is 5.32. The number of rotatable bonds is 5. The van der Waals surface area contributed by atoms with Gasteiger partial charge in [-0.3, -0.25) is 9.79 Å². The molecule has 0 aliphatic carbocycles. The van der Waals surface area contributed by atoms with Crippen LogP contribution in [-0.4, -0.2) is 31.1 Å². The van der Waals surface area contributed by atoms with Gasteiger partial charge in [-0.15, -0.1) is 4.40 Å². The number of hydrogen-bond donors (Lipinski definition) is 4. The van der Waals surface area contributed by atoms with E-state index in [9.17, 15) is 18.3 Å². The lowest BCUT2D eigenvalue weighted by atomic mass is 10.1. The molecule has 1 unspecified atom stereocenters. The number of amidine groups is 2. The monoisotopic (exact) mass is 401 g/mol. The zero-order chi connectivity index (χ0) is 20.3. The molecule has 2 aromatic carbocycles. The van der Waals surface area contributed by atoms with Gasteiger partial charge in [0, 0.05) is 0 Å². The summed E-state index contributed by atoms with van der Waals surface area (Å²) in [6, 6.07) is 13.4. The van der Waals surface area contributed by atoms with Crippen LogP contribution in [0.1, 0.15) is 35.3 Å². The number of nitrogens with zero attached hydrogens (tertiary/aromatic N) is 2. The predicted molar refractivity (Wildman–Crippen MR) is 107 cm³/mol. The molecule has 0 aromatic heterocycles. The van der Waals surface area contributed by atoms with E-state index in [1.54, 1.807) is 0 Å². The van der Waals surface area contributed by atoms with E-state index in [-0.39, 0.29) is 29.0 Å². The summed E-state index contributed by atoms with van der Waals surface area (Å²) in [5, 5.41) is 12.9. The van der Waals surface area contributed by atoms with Crippen molar-refractivity contribution in [3.05, 3.63) is 59.7 Å². The van der Waals surface area contributed by atoms with E-state index in [2.05, 4.69) is 19.4 Å². The van der Waals surface area contributed by atoms with Gasteiger partial charge in [0.05, 0.1) is 17.3 Å². The Hall–Kier alpha value is -3.40. The molecule has 2 aromatic rings. The van der Waals surface area contributed by atoms with Crippen LogP contribution in [0, 0.1) is 0 Å². The zero-order valence-electron chi connectivity index (χ0n) is 15.0. The van der Waals surface area contributed by atoms with Gasteiger partial charge >= 0.3 is 10.2 Å². The fraction of sp³-hybridized carbons (Fsp3) is 0.167. The number of amides is 1. The second kappa shape index (κ2) is 7.69. The molecule has 0 bridgehead atoms. The number of hydrogen-bond acceptors (Lipinski definition) is 6. The summed E-state index contributed by atoms with van der Waals surface area (Å²) in [4.78, 5) is 15.9. The molecule has 28 heavy (non-hydrogen) atoms. The van der Waals surface area contributed by atoms with Crippen LogP contribution in [0.15, 0.2) is 57.9 Å². The largest absolute Gasteiger partial charge is 0.505 e. The van der Waals surface area contributed by atoms with Crippen LogP contribution in [0.4, 0.5) is 5.69 Å². The van der Waals surface area contributed by atoms with Crippen molar-refractivity contribution >= 4 is 33.5 Å². The summed E-state index contributed by atoms with van der Waals surface area (Å²) in [6.45, 7) is 1.93. The molecule has 146 valence electrons. The number of aromatic hydroxyl groups is 1. The maximum absolute atomic E-state index is 12.0. The van der Waals surface area contributed by atoms with Crippen LogP contribution in [0.5, 0.6) is 5.75 Å². The van der Waals surface area contributed by atoms with E-state index in [1.165, 1.54) is 18.2 Å². The van der Waals surface area contributed by atoms with Crippen molar-refractivity contribution in [3.8, 4) is 5.75 Å². The van der Waals surface area contributed by atoms with E-state index in [4.69, 9.17) is 5.73 Å². The normalized spacial score (nSPS) is 17.6. The van der Waals surface area contributed by atoms with Crippen molar-refractivity contribution in [3.63, 3.8) is 0 Å². The lowest BCUT2D eigenvalue weighted by Gasteiger charge is -2.13. The average Bonchev–Trinajstić information content (AvgIpc) is 2.95. The number of benzene rings is 2. The Balaban J connectivity index is 1.97. The molecule has 0 spiro atoms. The van der Waals surface area contributed by atoms with Gasteiger partial charge in [-0.1, -0.05) is 43.3 Å². The van der Waals surface area contributed by atoms with Crippen molar-refractivity contribution in [2.24, 2.45) is 15.1 Å². The summed E-state index contributed by atoms with van der Waals surface area (Å²) in [6.07, 6.45) is 0.630. The minimum Gasteiger partial charge on any atom is -0.505 e. The summed E-state index contributed by atoms with van der Waals surface area (Å²) in [5.41, 5.74) is 6.11. The molecule has 0 radical (unpaired) electrons. The number of phenols is 1. The van der Waals surface area contributed by atoms with Crippen LogP contribution < -0.4 is 15.8 Å². The Morgan fingerprint density at radius 1 is 1.25 bits per heavy atom. The first-order valence-electron chi connectivity index (χ1n) is 8.45. The van der Waals surface area contributed by atoms with Gasteiger partial charge in [-0.2, -0.15) is 8.42 Å². The minimum atomic E-state index is -3.97. The second-order valence-electron chi connectivity index (χ2n) is 6.02. The number of nitrogens with one attached hydrogen (secondary N) is 2. The third-order valence-corrected chi connectivity index (χ3v) is 4.95. The predicted octanol–water partition coefficient (Wildman–Crippen LogP) is 1.70. The average molecular weight is 401 g/mol. The third kappa shape index (κ3) is 4.12. The third-order valence-electron chi connectivity index (χ3n) is 4.07. The van der Waals surface area contributed by atoms with Gasteiger partial charge in [-0.25, -0.2) is 4.72 Å². The molecule has 0 saturated heterocycles. The van der Waals surface area contributed by atoms with Crippen molar-refractivity contribution < 1.29 is 18.3 Å². The Morgan fingerprint density at radius 3 is 2.61 bits per heavy atom. The van der Waals surface area contributed by atoms with Crippen molar-refractivity contribution in [2.75, 3.05) is 5.32 Å². The second-order valence-corrected chi connectivity index (χ2v) is 7.36. The topological polar surface area (TPSA) is 146 Å².